The number of amides is 1. The Bertz CT molecular complexity index is 1050. The maximum Gasteiger partial charge on any atom is 0.338 e. The van der Waals surface area contributed by atoms with E-state index in [1.54, 1.807) is 4.90 Å². The molecule has 0 atom stereocenters. The Hall–Kier alpha value is -3.00. The molecule has 2 aliphatic rings. The van der Waals surface area contributed by atoms with E-state index in [1.165, 1.54) is 14.0 Å². The number of fused-ring (bicyclic) bond motifs is 1. The summed E-state index contributed by atoms with van der Waals surface area (Å²) in [7, 11) is 1.27. The van der Waals surface area contributed by atoms with E-state index in [0.717, 1.165) is 30.2 Å². The second-order valence-electron chi connectivity index (χ2n) is 8.22. The number of carbonyl (C=O) groups excluding carboxylic acids is 2. The summed E-state index contributed by atoms with van der Waals surface area (Å²) in [5, 5.41) is 0. The van der Waals surface area contributed by atoms with E-state index in [4.69, 9.17) is 9.47 Å². The highest BCUT2D eigenvalue weighted by atomic mass is 19.1. The van der Waals surface area contributed by atoms with Crippen molar-refractivity contribution in [2.75, 3.05) is 39.8 Å². The summed E-state index contributed by atoms with van der Waals surface area (Å²) in [6, 6.07) is 6.88. The van der Waals surface area contributed by atoms with Crippen molar-refractivity contribution in [3.05, 3.63) is 63.7 Å². The number of rotatable bonds is 6. The van der Waals surface area contributed by atoms with Crippen molar-refractivity contribution in [1.29, 1.82) is 0 Å². The molecule has 2 aliphatic heterocycles. The predicted octanol–water partition coefficient (Wildman–Crippen LogP) is 2.88. The first kappa shape index (κ1) is 22.2. The third-order valence-corrected chi connectivity index (χ3v) is 6.17. The van der Waals surface area contributed by atoms with Gasteiger partial charge in [0.15, 0.2) is 11.6 Å². The topological polar surface area (TPSA) is 59.1 Å². The molecular formula is C24H26F2N2O4. The first-order chi connectivity index (χ1) is 15.4. The fraction of sp³-hybridized carbons (Fsp3) is 0.417. The number of aryl methyl sites for hydroxylation is 1. The van der Waals surface area contributed by atoms with Crippen molar-refractivity contribution in [3.8, 4) is 5.75 Å². The quantitative estimate of drug-likeness (QED) is 0.642. The van der Waals surface area contributed by atoms with Gasteiger partial charge in [-0.05, 0) is 36.6 Å². The number of cyclic esters (lactones) is 1. The number of hydrogen-bond acceptors (Lipinski definition) is 5. The van der Waals surface area contributed by atoms with Crippen LogP contribution in [0, 0.1) is 18.6 Å². The summed E-state index contributed by atoms with van der Waals surface area (Å²) in [6.45, 7) is 5.11. The largest absolute Gasteiger partial charge is 0.493 e. The first-order valence-electron chi connectivity index (χ1n) is 10.7. The lowest BCUT2D eigenvalue weighted by Gasteiger charge is -2.35. The molecule has 170 valence electrons. The maximum atomic E-state index is 14.4. The van der Waals surface area contributed by atoms with Crippen LogP contribution in [0.2, 0.25) is 0 Å². The summed E-state index contributed by atoms with van der Waals surface area (Å²) < 4.78 is 38.7. The minimum absolute atomic E-state index is 0.0397. The molecule has 2 aromatic carbocycles. The Morgan fingerprint density at radius 2 is 1.91 bits per heavy atom. The monoisotopic (exact) mass is 444 g/mol. The third kappa shape index (κ3) is 4.46. The van der Waals surface area contributed by atoms with Gasteiger partial charge in [0.1, 0.15) is 12.4 Å². The first-order valence-corrected chi connectivity index (χ1v) is 10.7. The molecule has 0 saturated carbocycles. The standard InChI is InChI=1S/C24H26F2N2O4/c1-15-11-20(25)19(23(31-2)22(15)26)13-21(29)28-9-7-27(8-10-28)6-5-16-3-4-18-17(12-16)14-32-24(18)30/h3-4,11-12H,5-10,13-14H2,1-2H3. The lowest BCUT2D eigenvalue weighted by Crippen LogP contribution is -2.49. The molecule has 0 aliphatic carbocycles. The molecule has 0 N–H and O–H groups in total. The fourth-order valence-corrected chi connectivity index (χ4v) is 4.25. The van der Waals surface area contributed by atoms with Crippen LogP contribution >= 0.6 is 0 Å². The molecule has 0 spiro atoms. The molecule has 8 heteroatoms. The van der Waals surface area contributed by atoms with Gasteiger partial charge in [-0.2, -0.15) is 0 Å². The van der Waals surface area contributed by atoms with Crippen LogP contribution in [0.4, 0.5) is 8.78 Å². The summed E-state index contributed by atoms with van der Waals surface area (Å²) >= 11 is 0. The van der Waals surface area contributed by atoms with Crippen LogP contribution in [0.25, 0.3) is 0 Å². The number of methoxy groups -OCH3 is 1. The van der Waals surface area contributed by atoms with Crippen molar-refractivity contribution >= 4 is 11.9 Å². The second-order valence-corrected chi connectivity index (χ2v) is 8.22. The van der Waals surface area contributed by atoms with Crippen molar-refractivity contribution < 1.29 is 27.8 Å². The Morgan fingerprint density at radius 3 is 2.62 bits per heavy atom. The van der Waals surface area contributed by atoms with Gasteiger partial charge in [-0.3, -0.25) is 9.69 Å². The molecule has 0 aromatic heterocycles. The minimum Gasteiger partial charge on any atom is -0.493 e. The number of ether oxygens (including phenoxy) is 2. The molecule has 1 fully saturated rings. The highest BCUT2D eigenvalue weighted by Crippen LogP contribution is 2.29. The number of benzene rings is 2. The number of halogens is 2. The van der Waals surface area contributed by atoms with Crippen LogP contribution in [-0.4, -0.2) is 61.5 Å². The number of piperazine rings is 1. The van der Waals surface area contributed by atoms with Crippen LogP contribution in [-0.2, 0) is 29.0 Å². The van der Waals surface area contributed by atoms with Gasteiger partial charge in [-0.25, -0.2) is 13.6 Å². The van der Waals surface area contributed by atoms with E-state index in [2.05, 4.69) is 4.90 Å². The van der Waals surface area contributed by atoms with Crippen LogP contribution in [0.1, 0.15) is 32.6 Å². The molecular weight excluding hydrogens is 418 g/mol. The number of hydrogen-bond donors (Lipinski definition) is 0. The van der Waals surface area contributed by atoms with Gasteiger partial charge < -0.3 is 14.4 Å². The van der Waals surface area contributed by atoms with Gasteiger partial charge in [-0.15, -0.1) is 0 Å². The zero-order valence-corrected chi connectivity index (χ0v) is 18.2. The van der Waals surface area contributed by atoms with Crippen molar-refractivity contribution in [3.63, 3.8) is 0 Å². The fourth-order valence-electron chi connectivity index (χ4n) is 4.25. The summed E-state index contributed by atoms with van der Waals surface area (Å²) in [5.41, 5.74) is 2.82. The zero-order chi connectivity index (χ0) is 22.8. The van der Waals surface area contributed by atoms with Crippen LogP contribution in [0.5, 0.6) is 5.75 Å². The van der Waals surface area contributed by atoms with E-state index < -0.39 is 11.6 Å². The molecule has 0 unspecified atom stereocenters. The van der Waals surface area contributed by atoms with Crippen molar-refractivity contribution in [2.45, 2.75) is 26.4 Å². The average molecular weight is 444 g/mol. The molecule has 2 aromatic rings. The molecule has 4 rings (SSSR count). The number of carbonyl (C=O) groups is 2. The Morgan fingerprint density at radius 1 is 1.16 bits per heavy atom. The second kappa shape index (κ2) is 9.24. The molecule has 0 radical (unpaired) electrons. The van der Waals surface area contributed by atoms with Crippen LogP contribution in [0.15, 0.2) is 24.3 Å². The van der Waals surface area contributed by atoms with Crippen molar-refractivity contribution in [2.24, 2.45) is 0 Å². The minimum atomic E-state index is -0.635. The third-order valence-electron chi connectivity index (χ3n) is 6.17. The zero-order valence-electron chi connectivity index (χ0n) is 18.2. The molecule has 0 bridgehead atoms. The number of nitrogens with zero attached hydrogens (tertiary/aromatic N) is 2. The smallest absolute Gasteiger partial charge is 0.338 e. The number of esters is 1. The van der Waals surface area contributed by atoms with Crippen LogP contribution in [0.3, 0.4) is 0 Å². The molecule has 32 heavy (non-hydrogen) atoms. The van der Waals surface area contributed by atoms with Gasteiger partial charge >= 0.3 is 5.97 Å². The van der Waals surface area contributed by atoms with Crippen LogP contribution < -0.4 is 4.74 Å². The van der Waals surface area contributed by atoms with Gasteiger partial charge in [-0.1, -0.05) is 12.1 Å². The highest BCUT2D eigenvalue weighted by molar-refractivity contribution is 5.93. The van der Waals surface area contributed by atoms with Crippen molar-refractivity contribution in [1.82, 2.24) is 9.80 Å². The molecule has 1 saturated heterocycles. The lowest BCUT2D eigenvalue weighted by molar-refractivity contribution is -0.132. The van der Waals surface area contributed by atoms with E-state index >= 15 is 0 Å². The summed E-state index contributed by atoms with van der Waals surface area (Å²) in [4.78, 5) is 28.2. The SMILES string of the molecule is COc1c(F)c(C)cc(F)c1CC(=O)N1CCN(CCc2ccc3c(c2)COC3=O)CC1. The van der Waals surface area contributed by atoms with Gasteiger partial charge in [0.25, 0.3) is 0 Å². The van der Waals surface area contributed by atoms with E-state index in [1.807, 2.05) is 18.2 Å². The Kier molecular flexibility index (Phi) is 6.41. The molecule has 6 nitrogen and oxygen atoms in total. The average Bonchev–Trinajstić information content (AvgIpc) is 3.16. The highest BCUT2D eigenvalue weighted by Gasteiger charge is 2.26. The molecule has 1 amide bonds. The Balaban J connectivity index is 1.30. The van der Waals surface area contributed by atoms with Gasteiger partial charge in [0.05, 0.1) is 19.1 Å². The van der Waals surface area contributed by atoms with E-state index in [9.17, 15) is 18.4 Å². The Labute approximate surface area is 185 Å². The van der Waals surface area contributed by atoms with Gasteiger partial charge in [0, 0.05) is 43.9 Å². The maximum absolute atomic E-state index is 14.4. The summed E-state index contributed by atoms with van der Waals surface area (Å²) in [5.74, 6) is -1.97. The predicted molar refractivity (Wildman–Crippen MR) is 114 cm³/mol. The van der Waals surface area contributed by atoms with E-state index in [0.29, 0.717) is 38.3 Å². The normalized spacial score (nSPS) is 16.1. The van der Waals surface area contributed by atoms with E-state index in [-0.39, 0.29) is 35.2 Å². The molecule has 2 heterocycles. The summed E-state index contributed by atoms with van der Waals surface area (Å²) in [6.07, 6.45) is 0.600. The lowest BCUT2D eigenvalue weighted by atomic mass is 10.0. The van der Waals surface area contributed by atoms with Gasteiger partial charge in [0.2, 0.25) is 5.91 Å².